The Labute approximate surface area is 93.5 Å². The van der Waals surface area contributed by atoms with E-state index in [0.717, 1.165) is 5.17 Å². The van der Waals surface area contributed by atoms with Crippen molar-refractivity contribution in [1.82, 2.24) is 4.90 Å². The fourth-order valence-electron chi connectivity index (χ4n) is 2.91. The quantitative estimate of drug-likeness (QED) is 0.643. The molecule has 3 rings (SSSR count). The lowest BCUT2D eigenvalue weighted by Crippen LogP contribution is -2.44. The van der Waals surface area contributed by atoms with Gasteiger partial charge in [0.2, 0.25) is 0 Å². The minimum atomic E-state index is -0.227. The van der Waals surface area contributed by atoms with Crippen molar-refractivity contribution in [3.63, 3.8) is 0 Å². The second kappa shape index (κ2) is 2.97. The SMILES string of the molecule is CC1(C)SC2=NC3CCCC3N2C1N=O. The zero-order valence-corrected chi connectivity index (χ0v) is 9.83. The lowest BCUT2D eigenvalue weighted by atomic mass is 10.1. The number of rotatable bonds is 1. The molecule has 0 spiro atoms. The molecule has 0 N–H and O–H groups in total. The number of amidine groups is 1. The monoisotopic (exact) mass is 225 g/mol. The largest absolute Gasteiger partial charge is 0.320 e. The molecule has 1 saturated heterocycles. The molecular formula is C10H15N3OS. The molecule has 2 aliphatic heterocycles. The van der Waals surface area contributed by atoms with Crippen molar-refractivity contribution >= 4 is 16.9 Å². The molecule has 0 aromatic heterocycles. The number of hydrogen-bond acceptors (Lipinski definition) is 5. The van der Waals surface area contributed by atoms with Gasteiger partial charge in [0.25, 0.3) is 0 Å². The third kappa shape index (κ3) is 1.19. The molecule has 1 saturated carbocycles. The predicted octanol–water partition coefficient (Wildman–Crippen LogP) is 2.20. The molecule has 0 radical (unpaired) electrons. The lowest BCUT2D eigenvalue weighted by Gasteiger charge is -2.29. The summed E-state index contributed by atoms with van der Waals surface area (Å²) < 4.78 is -0.117. The third-order valence-corrected chi connectivity index (χ3v) is 4.87. The Bertz CT molecular complexity index is 342. The van der Waals surface area contributed by atoms with Crippen molar-refractivity contribution in [3.8, 4) is 0 Å². The van der Waals surface area contributed by atoms with Crippen LogP contribution in [0, 0.1) is 4.91 Å². The van der Waals surface area contributed by atoms with Crippen molar-refractivity contribution in [3.05, 3.63) is 4.91 Å². The highest BCUT2D eigenvalue weighted by atomic mass is 32.2. The molecule has 1 aliphatic carbocycles. The average molecular weight is 225 g/mol. The van der Waals surface area contributed by atoms with Gasteiger partial charge in [-0.1, -0.05) is 11.8 Å². The van der Waals surface area contributed by atoms with Crippen LogP contribution in [0.25, 0.3) is 0 Å². The Morgan fingerprint density at radius 1 is 1.53 bits per heavy atom. The minimum absolute atomic E-state index is 0.117. The molecule has 82 valence electrons. The van der Waals surface area contributed by atoms with Gasteiger partial charge in [0.05, 0.1) is 16.8 Å². The van der Waals surface area contributed by atoms with E-state index >= 15 is 0 Å². The fourth-order valence-corrected chi connectivity index (χ4v) is 4.17. The molecule has 0 bridgehead atoms. The number of nitrogens with zero attached hydrogens (tertiary/aromatic N) is 3. The van der Waals surface area contributed by atoms with Crippen molar-refractivity contribution in [2.24, 2.45) is 10.2 Å². The first-order chi connectivity index (χ1) is 7.13. The summed E-state index contributed by atoms with van der Waals surface area (Å²) in [5.41, 5.74) is 0. The number of nitroso groups, excluding NO2 is 1. The number of hydrogen-bond donors (Lipinski definition) is 0. The molecule has 3 unspecified atom stereocenters. The van der Waals surface area contributed by atoms with E-state index in [2.05, 4.69) is 23.9 Å². The zero-order chi connectivity index (χ0) is 10.6. The molecule has 0 aromatic carbocycles. The summed E-state index contributed by atoms with van der Waals surface area (Å²) >= 11 is 1.71. The molecule has 3 aliphatic rings. The Kier molecular flexibility index (Phi) is 1.90. The van der Waals surface area contributed by atoms with E-state index in [-0.39, 0.29) is 10.9 Å². The van der Waals surface area contributed by atoms with Gasteiger partial charge in [-0.05, 0) is 38.3 Å². The van der Waals surface area contributed by atoms with Gasteiger partial charge in [-0.15, -0.1) is 4.91 Å². The Morgan fingerprint density at radius 2 is 2.33 bits per heavy atom. The summed E-state index contributed by atoms with van der Waals surface area (Å²) in [4.78, 5) is 17.9. The van der Waals surface area contributed by atoms with E-state index in [1.165, 1.54) is 19.3 Å². The molecule has 5 heteroatoms. The van der Waals surface area contributed by atoms with Gasteiger partial charge >= 0.3 is 0 Å². The van der Waals surface area contributed by atoms with E-state index < -0.39 is 0 Å². The molecule has 0 aromatic rings. The Morgan fingerprint density at radius 3 is 3.07 bits per heavy atom. The summed E-state index contributed by atoms with van der Waals surface area (Å²) in [6.45, 7) is 4.16. The summed E-state index contributed by atoms with van der Waals surface area (Å²) in [6.07, 6.45) is 3.35. The van der Waals surface area contributed by atoms with Gasteiger partial charge in [0.15, 0.2) is 11.3 Å². The van der Waals surface area contributed by atoms with E-state index in [9.17, 15) is 4.91 Å². The van der Waals surface area contributed by atoms with Crippen molar-refractivity contribution < 1.29 is 0 Å². The first kappa shape index (κ1) is 9.63. The van der Waals surface area contributed by atoms with Crippen molar-refractivity contribution in [2.45, 2.75) is 56.1 Å². The van der Waals surface area contributed by atoms with Crippen LogP contribution in [-0.4, -0.2) is 33.1 Å². The molecule has 2 heterocycles. The number of thioether (sulfide) groups is 1. The molecule has 0 amide bonds. The van der Waals surface area contributed by atoms with Crippen molar-refractivity contribution in [2.75, 3.05) is 0 Å². The minimum Gasteiger partial charge on any atom is -0.320 e. The maximum absolute atomic E-state index is 11.0. The smallest absolute Gasteiger partial charge is 0.180 e. The van der Waals surface area contributed by atoms with Crippen LogP contribution in [0.3, 0.4) is 0 Å². The van der Waals surface area contributed by atoms with Crippen LogP contribution in [-0.2, 0) is 0 Å². The fraction of sp³-hybridized carbons (Fsp3) is 0.900. The highest BCUT2D eigenvalue weighted by Gasteiger charge is 2.54. The van der Waals surface area contributed by atoms with Gasteiger partial charge in [0.1, 0.15) is 0 Å². The molecule has 3 atom stereocenters. The van der Waals surface area contributed by atoms with Gasteiger partial charge in [-0.3, -0.25) is 4.99 Å². The first-order valence-corrected chi connectivity index (χ1v) is 6.33. The van der Waals surface area contributed by atoms with Crippen LogP contribution < -0.4 is 0 Å². The summed E-state index contributed by atoms with van der Waals surface area (Å²) in [5, 5.41) is 4.37. The van der Waals surface area contributed by atoms with E-state index in [0.29, 0.717) is 12.1 Å². The highest BCUT2D eigenvalue weighted by Crippen LogP contribution is 2.49. The normalized spacial score (nSPS) is 41.3. The molecule has 4 nitrogen and oxygen atoms in total. The second-order valence-corrected chi connectivity index (χ2v) is 6.69. The average Bonchev–Trinajstić information content (AvgIpc) is 2.73. The lowest BCUT2D eigenvalue weighted by molar-refractivity contribution is 0.234. The molecule has 2 fully saturated rings. The standard InChI is InChI=1S/C10H15N3OS/c1-10(2)8(12-14)13-7-5-3-4-6(7)11-9(13)15-10/h6-8H,3-5H2,1-2H3. The number of fused-ring (bicyclic) bond motifs is 3. The second-order valence-electron chi connectivity index (χ2n) is 5.07. The van der Waals surface area contributed by atoms with Gasteiger partial charge < -0.3 is 4.90 Å². The topological polar surface area (TPSA) is 45.0 Å². The van der Waals surface area contributed by atoms with Crippen LogP contribution in [0.15, 0.2) is 10.2 Å². The summed E-state index contributed by atoms with van der Waals surface area (Å²) in [5.74, 6) is 0. The Hall–Kier alpha value is -0.580. The maximum Gasteiger partial charge on any atom is 0.180 e. The summed E-state index contributed by atoms with van der Waals surface area (Å²) in [6, 6.07) is 0.893. The van der Waals surface area contributed by atoms with E-state index in [4.69, 9.17) is 4.99 Å². The Balaban J connectivity index is 1.97. The van der Waals surface area contributed by atoms with Crippen molar-refractivity contribution in [1.29, 1.82) is 0 Å². The molecule has 15 heavy (non-hydrogen) atoms. The van der Waals surface area contributed by atoms with Crippen LogP contribution in [0.2, 0.25) is 0 Å². The number of aliphatic imine (C=N–C) groups is 1. The first-order valence-electron chi connectivity index (χ1n) is 5.51. The van der Waals surface area contributed by atoms with Crippen LogP contribution in [0.5, 0.6) is 0 Å². The van der Waals surface area contributed by atoms with E-state index in [1.807, 2.05) is 0 Å². The van der Waals surface area contributed by atoms with Crippen LogP contribution in [0.1, 0.15) is 33.1 Å². The maximum atomic E-state index is 11.0. The third-order valence-electron chi connectivity index (χ3n) is 3.64. The highest BCUT2D eigenvalue weighted by molar-refractivity contribution is 8.15. The van der Waals surface area contributed by atoms with Crippen LogP contribution >= 0.6 is 11.8 Å². The van der Waals surface area contributed by atoms with Gasteiger partial charge in [-0.25, -0.2) is 0 Å². The van der Waals surface area contributed by atoms with Gasteiger partial charge in [0, 0.05) is 0 Å². The van der Waals surface area contributed by atoms with E-state index in [1.54, 1.807) is 11.8 Å². The zero-order valence-electron chi connectivity index (χ0n) is 9.01. The van der Waals surface area contributed by atoms with Gasteiger partial charge in [-0.2, -0.15) is 0 Å². The summed E-state index contributed by atoms with van der Waals surface area (Å²) in [7, 11) is 0. The predicted molar refractivity (Wildman–Crippen MR) is 62.0 cm³/mol. The molecular weight excluding hydrogens is 210 g/mol. The van der Waals surface area contributed by atoms with Crippen LogP contribution in [0.4, 0.5) is 0 Å².